The molecule has 0 aromatic heterocycles. The molecule has 0 aliphatic carbocycles. The summed E-state index contributed by atoms with van der Waals surface area (Å²) in [5.74, 6) is 0. The zero-order chi connectivity index (χ0) is 33.4. The minimum absolute atomic E-state index is 0. The van der Waals surface area contributed by atoms with Gasteiger partial charge in [-0.15, -0.1) is 0 Å². The summed E-state index contributed by atoms with van der Waals surface area (Å²) in [5, 5.41) is 0. The van der Waals surface area contributed by atoms with Crippen molar-refractivity contribution in [1.29, 1.82) is 0 Å². The van der Waals surface area contributed by atoms with Crippen LogP contribution in [0.4, 0.5) is 0 Å². The first kappa shape index (κ1) is 44.0. The quantitative estimate of drug-likeness (QED) is 0.0499. The summed E-state index contributed by atoms with van der Waals surface area (Å²) < 4.78 is 65.2. The molecule has 47 heavy (non-hydrogen) atoms. The van der Waals surface area contributed by atoms with E-state index in [2.05, 4.69) is 13.8 Å². The topological polar surface area (TPSA) is 86.7 Å². The van der Waals surface area contributed by atoms with E-state index in [0.717, 1.165) is 38.5 Å². The van der Waals surface area contributed by atoms with Gasteiger partial charge in [0.25, 0.3) is 0 Å². The molecule has 0 aliphatic rings. The van der Waals surface area contributed by atoms with Gasteiger partial charge in [-0.1, -0.05) is 190 Å². The van der Waals surface area contributed by atoms with Crippen molar-refractivity contribution in [2.24, 2.45) is 0 Å². The molecule has 0 atom stereocenters. The summed E-state index contributed by atoms with van der Waals surface area (Å²) in [6, 6.07) is 17.5. The standard InChI is InChI=1S/C38H60O6S2.Na.H/c1-3-5-7-9-11-13-15-17-19-27-33-43-45(39,40)38(37(35-29-23-21-24-30-35)36-31-25-22-26-32-36)46(41,42)44-34-28-20-18-16-14-12-10-8-6-4-2;;/h21-26,29-32H,3-20,27-28,33-34H2,1-2H3;;. The van der Waals surface area contributed by atoms with Crippen LogP contribution in [-0.2, 0) is 28.6 Å². The van der Waals surface area contributed by atoms with Crippen LogP contribution in [-0.4, -0.2) is 59.6 Å². The van der Waals surface area contributed by atoms with E-state index < -0.39 is 24.5 Å². The fourth-order valence-electron chi connectivity index (χ4n) is 5.61. The Morgan fingerprint density at radius 1 is 0.447 bits per heavy atom. The average Bonchev–Trinajstić information content (AvgIpc) is 3.05. The number of unbranched alkanes of at least 4 members (excludes halogenated alkanes) is 18. The molecule has 6 nitrogen and oxygen atoms in total. The Morgan fingerprint density at radius 2 is 0.723 bits per heavy atom. The second-order valence-corrected chi connectivity index (χ2v) is 15.7. The van der Waals surface area contributed by atoms with Crippen molar-refractivity contribution in [2.45, 2.75) is 142 Å². The Kier molecular flexibility index (Phi) is 25.1. The van der Waals surface area contributed by atoms with Crippen molar-refractivity contribution in [3.63, 3.8) is 0 Å². The molecule has 2 aromatic carbocycles. The Balaban J connectivity index is 0.0000110. The summed E-state index contributed by atoms with van der Waals surface area (Å²) in [6.07, 6.45) is 22.0. The third-order valence-corrected chi connectivity index (χ3v) is 11.8. The summed E-state index contributed by atoms with van der Waals surface area (Å²) in [7, 11) is -9.37. The molecular formula is C38H61NaO6S2. The van der Waals surface area contributed by atoms with Crippen LogP contribution in [0.5, 0.6) is 0 Å². The normalized spacial score (nSPS) is 11.7. The molecule has 0 fully saturated rings. The van der Waals surface area contributed by atoms with E-state index in [1.54, 1.807) is 60.7 Å². The number of hydrogen-bond donors (Lipinski definition) is 0. The Labute approximate surface area is 310 Å². The van der Waals surface area contributed by atoms with Crippen molar-refractivity contribution in [2.75, 3.05) is 13.2 Å². The predicted octanol–water partition coefficient (Wildman–Crippen LogP) is 10.3. The molecule has 0 N–H and O–H groups in total. The van der Waals surface area contributed by atoms with Gasteiger partial charge in [-0.25, -0.2) is 0 Å². The summed E-state index contributed by atoms with van der Waals surface area (Å²) in [5.41, 5.74) is 0.981. The van der Waals surface area contributed by atoms with Crippen molar-refractivity contribution < 1.29 is 25.2 Å². The maximum absolute atomic E-state index is 13.8. The van der Waals surface area contributed by atoms with Gasteiger partial charge in [0.1, 0.15) is 0 Å². The van der Waals surface area contributed by atoms with Crippen LogP contribution in [0.2, 0.25) is 0 Å². The Hall–Kier alpha value is -1.000. The van der Waals surface area contributed by atoms with E-state index in [1.807, 2.05) is 0 Å². The van der Waals surface area contributed by atoms with Crippen molar-refractivity contribution in [1.82, 2.24) is 0 Å². The molecule has 0 amide bonds. The van der Waals surface area contributed by atoms with Crippen molar-refractivity contribution in [3.05, 3.63) is 76.0 Å². The van der Waals surface area contributed by atoms with Crippen LogP contribution >= 0.6 is 0 Å². The molecule has 0 bridgehead atoms. The Morgan fingerprint density at radius 3 is 1.02 bits per heavy atom. The Bertz CT molecular complexity index is 1200. The monoisotopic (exact) mass is 700 g/mol. The van der Waals surface area contributed by atoms with Crippen LogP contribution in [0, 0.1) is 0 Å². The first-order valence-electron chi connectivity index (χ1n) is 18.0. The molecular weight excluding hydrogens is 640 g/mol. The SMILES string of the molecule is CCCCCCCCCCCCOS(=O)(=O)C(=C(c1ccccc1)c1ccccc1)S(=O)(=O)OCCCCCCCCCCCC.[NaH]. The number of hydrogen-bond acceptors (Lipinski definition) is 6. The molecule has 262 valence electrons. The van der Waals surface area contributed by atoms with Gasteiger partial charge in [0.2, 0.25) is 4.24 Å². The van der Waals surface area contributed by atoms with Gasteiger partial charge in [0.05, 0.1) is 13.2 Å². The van der Waals surface area contributed by atoms with Crippen molar-refractivity contribution >= 4 is 55.4 Å². The number of benzene rings is 2. The van der Waals surface area contributed by atoms with Crippen LogP contribution in [0.3, 0.4) is 0 Å². The molecule has 2 rings (SSSR count). The molecule has 0 aliphatic heterocycles. The average molecular weight is 701 g/mol. The first-order chi connectivity index (χ1) is 22.3. The first-order valence-corrected chi connectivity index (χ1v) is 20.8. The van der Waals surface area contributed by atoms with Crippen LogP contribution < -0.4 is 0 Å². The van der Waals surface area contributed by atoms with Gasteiger partial charge >= 0.3 is 49.8 Å². The van der Waals surface area contributed by atoms with Crippen LogP contribution in [0.25, 0.3) is 5.57 Å². The molecule has 0 spiro atoms. The van der Waals surface area contributed by atoms with Crippen molar-refractivity contribution in [3.8, 4) is 0 Å². The number of rotatable bonds is 28. The van der Waals surface area contributed by atoms with Gasteiger partial charge < -0.3 is 0 Å². The maximum atomic E-state index is 13.8. The minimum atomic E-state index is -4.68. The van der Waals surface area contributed by atoms with Gasteiger partial charge in [-0.05, 0) is 24.0 Å². The van der Waals surface area contributed by atoms with Gasteiger partial charge in [-0.3, -0.25) is 8.37 Å². The molecule has 0 saturated heterocycles. The zero-order valence-corrected chi connectivity index (χ0v) is 30.2. The molecule has 0 radical (unpaired) electrons. The fraction of sp³-hybridized carbons (Fsp3) is 0.632. The molecule has 0 unspecified atom stereocenters. The van der Waals surface area contributed by atoms with Gasteiger partial charge in [-0.2, -0.15) is 16.8 Å². The second-order valence-electron chi connectivity index (χ2n) is 12.3. The zero-order valence-electron chi connectivity index (χ0n) is 28.6. The summed E-state index contributed by atoms with van der Waals surface area (Å²) in [6.45, 7) is 4.28. The van der Waals surface area contributed by atoms with E-state index in [-0.39, 0.29) is 48.3 Å². The molecule has 0 heterocycles. The molecule has 0 saturated carbocycles. The van der Waals surface area contributed by atoms with Gasteiger partial charge in [0.15, 0.2) is 0 Å². The second kappa shape index (κ2) is 26.8. The van der Waals surface area contributed by atoms with E-state index in [9.17, 15) is 16.8 Å². The van der Waals surface area contributed by atoms with Crippen LogP contribution in [0.15, 0.2) is 64.9 Å². The summed E-state index contributed by atoms with van der Waals surface area (Å²) >= 11 is 0. The molecule has 9 heteroatoms. The van der Waals surface area contributed by atoms with E-state index in [0.29, 0.717) is 24.0 Å². The van der Waals surface area contributed by atoms with E-state index in [4.69, 9.17) is 8.37 Å². The molecule has 2 aromatic rings. The van der Waals surface area contributed by atoms with Gasteiger partial charge in [0, 0.05) is 5.57 Å². The third-order valence-electron chi connectivity index (χ3n) is 8.26. The van der Waals surface area contributed by atoms with Crippen LogP contribution in [0.1, 0.15) is 153 Å². The predicted molar refractivity (Wildman–Crippen MR) is 199 cm³/mol. The van der Waals surface area contributed by atoms with E-state index >= 15 is 0 Å². The fourth-order valence-corrected chi connectivity index (χ4v) is 8.76. The third kappa shape index (κ3) is 18.5. The summed E-state index contributed by atoms with van der Waals surface area (Å²) in [4.78, 5) is 0. The van der Waals surface area contributed by atoms with E-state index in [1.165, 1.54) is 77.0 Å².